The Bertz CT molecular complexity index is 826. The summed E-state index contributed by atoms with van der Waals surface area (Å²) in [6.07, 6.45) is 1.08. The van der Waals surface area contributed by atoms with Crippen LogP contribution in [-0.2, 0) is 14.8 Å². The molecule has 0 bridgehead atoms. The van der Waals surface area contributed by atoms with Gasteiger partial charge in [0.05, 0.1) is 22.0 Å². The summed E-state index contributed by atoms with van der Waals surface area (Å²) >= 11 is 11.8. The maximum Gasteiger partial charge on any atom is 0.232 e. The van der Waals surface area contributed by atoms with Crippen molar-refractivity contribution in [1.82, 2.24) is 0 Å². The second-order valence-electron chi connectivity index (χ2n) is 5.10. The van der Waals surface area contributed by atoms with Gasteiger partial charge in [-0.25, -0.2) is 8.42 Å². The number of nitrogens with one attached hydrogen (secondary N) is 1. The fourth-order valence-corrected chi connectivity index (χ4v) is 3.29. The maximum absolute atomic E-state index is 12.0. The Morgan fingerprint density at radius 3 is 2.33 bits per heavy atom. The summed E-state index contributed by atoms with van der Waals surface area (Å²) in [6, 6.07) is 13.5. The van der Waals surface area contributed by atoms with E-state index in [4.69, 9.17) is 23.2 Å². The minimum atomic E-state index is -3.56. The first kappa shape index (κ1) is 18.6. The molecule has 0 aliphatic carbocycles. The summed E-state index contributed by atoms with van der Waals surface area (Å²) < 4.78 is 25.2. The molecule has 8 heteroatoms. The summed E-state index contributed by atoms with van der Waals surface area (Å²) in [4.78, 5) is 12.0. The van der Waals surface area contributed by atoms with Crippen molar-refractivity contribution in [2.75, 3.05) is 22.4 Å². The minimum Gasteiger partial charge on any atom is -0.326 e. The van der Waals surface area contributed by atoms with E-state index in [9.17, 15) is 13.2 Å². The number of carbonyl (C=O) groups excluding carboxylic acids is 1. The molecule has 1 amide bonds. The smallest absolute Gasteiger partial charge is 0.232 e. The SMILES string of the molecule is CS(=O)(=O)N(CCC(=O)Nc1ccccc1)c1ccc(Cl)c(Cl)c1. The molecule has 0 aliphatic rings. The lowest BCUT2D eigenvalue weighted by molar-refractivity contribution is -0.116. The van der Waals surface area contributed by atoms with Gasteiger partial charge in [0.1, 0.15) is 0 Å². The lowest BCUT2D eigenvalue weighted by atomic mass is 10.3. The molecule has 0 fully saturated rings. The lowest BCUT2D eigenvalue weighted by Gasteiger charge is -2.22. The largest absolute Gasteiger partial charge is 0.326 e. The molecule has 0 heterocycles. The average Bonchev–Trinajstić information content (AvgIpc) is 2.50. The van der Waals surface area contributed by atoms with Crippen molar-refractivity contribution < 1.29 is 13.2 Å². The van der Waals surface area contributed by atoms with E-state index in [-0.39, 0.29) is 23.9 Å². The quantitative estimate of drug-likeness (QED) is 0.820. The summed E-state index contributed by atoms with van der Waals surface area (Å²) in [6.45, 7) is -0.00450. The Labute approximate surface area is 151 Å². The topological polar surface area (TPSA) is 66.5 Å². The number of hydrogen-bond donors (Lipinski definition) is 1. The van der Waals surface area contributed by atoms with E-state index in [0.29, 0.717) is 16.4 Å². The van der Waals surface area contributed by atoms with E-state index in [2.05, 4.69) is 5.32 Å². The van der Waals surface area contributed by atoms with Crippen LogP contribution in [-0.4, -0.2) is 27.1 Å². The van der Waals surface area contributed by atoms with Gasteiger partial charge >= 0.3 is 0 Å². The molecule has 0 unspecified atom stereocenters. The van der Waals surface area contributed by atoms with Crippen LogP contribution in [0.15, 0.2) is 48.5 Å². The first-order valence-electron chi connectivity index (χ1n) is 7.05. The van der Waals surface area contributed by atoms with Crippen molar-refractivity contribution in [3.63, 3.8) is 0 Å². The zero-order valence-corrected chi connectivity index (χ0v) is 15.2. The number of carbonyl (C=O) groups is 1. The van der Waals surface area contributed by atoms with E-state index in [1.165, 1.54) is 12.1 Å². The van der Waals surface area contributed by atoms with Gasteiger partial charge in [-0.3, -0.25) is 9.10 Å². The predicted octanol–water partition coefficient (Wildman–Crippen LogP) is 3.79. The number of anilines is 2. The van der Waals surface area contributed by atoms with Crippen molar-refractivity contribution in [3.8, 4) is 0 Å². The molecule has 2 aromatic rings. The molecule has 5 nitrogen and oxygen atoms in total. The van der Waals surface area contributed by atoms with Crippen molar-refractivity contribution in [2.24, 2.45) is 0 Å². The highest BCUT2D eigenvalue weighted by Gasteiger charge is 2.19. The van der Waals surface area contributed by atoms with Crippen LogP contribution in [0.3, 0.4) is 0 Å². The van der Waals surface area contributed by atoms with E-state index in [0.717, 1.165) is 10.6 Å². The van der Waals surface area contributed by atoms with Crippen molar-refractivity contribution >= 4 is 50.5 Å². The second kappa shape index (κ2) is 7.88. The summed E-state index contributed by atoms with van der Waals surface area (Å²) in [5.41, 5.74) is 1.02. The van der Waals surface area contributed by atoms with Crippen LogP contribution in [0.2, 0.25) is 10.0 Å². The monoisotopic (exact) mass is 386 g/mol. The highest BCUT2D eigenvalue weighted by Crippen LogP contribution is 2.28. The van der Waals surface area contributed by atoms with Gasteiger partial charge in [0.15, 0.2) is 0 Å². The Hall–Kier alpha value is -1.76. The third kappa shape index (κ3) is 5.12. The van der Waals surface area contributed by atoms with Gasteiger partial charge in [-0.15, -0.1) is 0 Å². The molecular weight excluding hydrogens is 371 g/mol. The van der Waals surface area contributed by atoms with Crippen LogP contribution < -0.4 is 9.62 Å². The molecule has 0 atom stereocenters. The molecule has 1 N–H and O–H groups in total. The first-order valence-corrected chi connectivity index (χ1v) is 9.65. The molecule has 0 saturated heterocycles. The number of para-hydroxylation sites is 1. The number of rotatable bonds is 6. The van der Waals surface area contributed by atoms with Gasteiger partial charge in [0.25, 0.3) is 0 Å². The van der Waals surface area contributed by atoms with Gasteiger partial charge in [0, 0.05) is 18.7 Å². The molecule has 0 aliphatic heterocycles. The molecule has 24 heavy (non-hydrogen) atoms. The Morgan fingerprint density at radius 1 is 1.08 bits per heavy atom. The predicted molar refractivity (Wildman–Crippen MR) is 98.3 cm³/mol. The van der Waals surface area contributed by atoms with Crippen LogP contribution in [0.4, 0.5) is 11.4 Å². The summed E-state index contributed by atoms with van der Waals surface area (Å²) in [5, 5.41) is 3.29. The Balaban J connectivity index is 2.10. The van der Waals surface area contributed by atoms with Crippen LogP contribution >= 0.6 is 23.2 Å². The fraction of sp³-hybridized carbons (Fsp3) is 0.188. The number of sulfonamides is 1. The fourth-order valence-electron chi connectivity index (χ4n) is 2.07. The maximum atomic E-state index is 12.0. The Kier molecular flexibility index (Phi) is 6.10. The number of hydrogen-bond acceptors (Lipinski definition) is 3. The molecule has 0 aromatic heterocycles. The number of nitrogens with zero attached hydrogens (tertiary/aromatic N) is 1. The van der Waals surface area contributed by atoms with Crippen LogP contribution in [0.25, 0.3) is 0 Å². The van der Waals surface area contributed by atoms with E-state index >= 15 is 0 Å². The molecule has 0 saturated carbocycles. The van der Waals surface area contributed by atoms with E-state index in [1.807, 2.05) is 6.07 Å². The molecular formula is C16H16Cl2N2O3S. The number of halogens is 2. The highest BCUT2D eigenvalue weighted by atomic mass is 35.5. The standard InChI is InChI=1S/C16H16Cl2N2O3S/c1-24(22,23)20(13-7-8-14(17)15(18)11-13)10-9-16(21)19-12-5-3-2-4-6-12/h2-8,11H,9-10H2,1H3,(H,19,21). The average molecular weight is 387 g/mol. The lowest BCUT2D eigenvalue weighted by Crippen LogP contribution is -2.33. The normalized spacial score (nSPS) is 11.1. The van der Waals surface area contributed by atoms with Gasteiger partial charge in [-0.05, 0) is 30.3 Å². The van der Waals surface area contributed by atoms with Crippen LogP contribution in [0.1, 0.15) is 6.42 Å². The van der Waals surface area contributed by atoms with Crippen molar-refractivity contribution in [1.29, 1.82) is 0 Å². The molecule has 128 valence electrons. The summed E-state index contributed by atoms with van der Waals surface area (Å²) in [5.74, 6) is -0.282. The number of amides is 1. The first-order chi connectivity index (χ1) is 11.3. The zero-order chi connectivity index (χ0) is 17.7. The second-order valence-corrected chi connectivity index (χ2v) is 7.82. The molecule has 2 rings (SSSR count). The minimum absolute atomic E-state index is 0.00219. The van der Waals surface area contributed by atoms with Gasteiger partial charge in [-0.2, -0.15) is 0 Å². The third-order valence-electron chi connectivity index (χ3n) is 3.19. The van der Waals surface area contributed by atoms with Gasteiger partial charge < -0.3 is 5.32 Å². The van der Waals surface area contributed by atoms with E-state index in [1.54, 1.807) is 30.3 Å². The molecule has 0 radical (unpaired) electrons. The van der Waals surface area contributed by atoms with Gasteiger partial charge in [0.2, 0.25) is 15.9 Å². The van der Waals surface area contributed by atoms with Gasteiger partial charge in [-0.1, -0.05) is 41.4 Å². The van der Waals surface area contributed by atoms with E-state index < -0.39 is 10.0 Å². The highest BCUT2D eigenvalue weighted by molar-refractivity contribution is 7.92. The number of benzene rings is 2. The Morgan fingerprint density at radius 2 is 1.75 bits per heavy atom. The van der Waals surface area contributed by atoms with Crippen molar-refractivity contribution in [3.05, 3.63) is 58.6 Å². The van der Waals surface area contributed by atoms with Crippen LogP contribution in [0.5, 0.6) is 0 Å². The van der Waals surface area contributed by atoms with Crippen molar-refractivity contribution in [2.45, 2.75) is 6.42 Å². The zero-order valence-electron chi connectivity index (χ0n) is 12.9. The molecule has 2 aromatic carbocycles. The molecule has 0 spiro atoms. The van der Waals surface area contributed by atoms with Crippen LogP contribution in [0, 0.1) is 0 Å². The summed E-state index contributed by atoms with van der Waals surface area (Å²) in [7, 11) is -3.56. The third-order valence-corrected chi connectivity index (χ3v) is 5.12.